The Hall–Kier alpha value is -2.28. The Morgan fingerprint density at radius 1 is 1.41 bits per heavy atom. The minimum absolute atomic E-state index is 0.0587. The summed E-state index contributed by atoms with van der Waals surface area (Å²) in [6.07, 6.45) is 3.91. The molecule has 0 fully saturated rings. The van der Waals surface area contributed by atoms with Crippen LogP contribution in [-0.4, -0.2) is 4.57 Å². The second-order valence-electron chi connectivity index (χ2n) is 3.81. The van der Waals surface area contributed by atoms with Crippen molar-refractivity contribution in [3.8, 4) is 6.07 Å². The average molecular weight is 229 g/mol. The molecule has 86 valence electrons. The maximum atomic E-state index is 13.3. The number of rotatable bonds is 3. The van der Waals surface area contributed by atoms with Gasteiger partial charge in [0.25, 0.3) is 0 Å². The first-order valence-corrected chi connectivity index (χ1v) is 5.24. The van der Waals surface area contributed by atoms with Crippen LogP contribution in [-0.2, 0) is 13.6 Å². The largest absolute Gasteiger partial charge is 0.380 e. The molecule has 2 aromatic rings. The van der Waals surface area contributed by atoms with Gasteiger partial charge in [-0.3, -0.25) is 0 Å². The zero-order valence-electron chi connectivity index (χ0n) is 9.44. The normalized spacial score (nSPS) is 9.94. The highest BCUT2D eigenvalue weighted by Crippen LogP contribution is 2.18. The van der Waals surface area contributed by atoms with E-state index in [0.29, 0.717) is 12.2 Å². The summed E-state index contributed by atoms with van der Waals surface area (Å²) in [6.45, 7) is 0.568. The highest BCUT2D eigenvalue weighted by atomic mass is 19.1. The topological polar surface area (TPSA) is 40.8 Å². The molecule has 0 aliphatic carbocycles. The van der Waals surface area contributed by atoms with Crippen LogP contribution >= 0.6 is 0 Å². The summed E-state index contributed by atoms with van der Waals surface area (Å²) in [5.41, 5.74) is 1.67. The number of hydrogen-bond acceptors (Lipinski definition) is 2. The molecule has 1 aromatic heterocycles. The Morgan fingerprint density at radius 2 is 2.24 bits per heavy atom. The Labute approximate surface area is 99.1 Å². The number of aryl methyl sites for hydroxylation is 1. The summed E-state index contributed by atoms with van der Waals surface area (Å²) in [5.74, 6) is -0.495. The second-order valence-corrected chi connectivity index (χ2v) is 3.81. The molecule has 17 heavy (non-hydrogen) atoms. The Bertz CT molecular complexity index is 566. The molecule has 1 aromatic carbocycles. The number of nitrogens with zero attached hydrogens (tertiary/aromatic N) is 2. The van der Waals surface area contributed by atoms with E-state index in [-0.39, 0.29) is 5.56 Å². The van der Waals surface area contributed by atoms with Gasteiger partial charge in [0.05, 0.1) is 5.69 Å². The molecular formula is C13H12FN3. The smallest absolute Gasteiger partial charge is 0.143 e. The lowest BCUT2D eigenvalue weighted by atomic mass is 10.2. The summed E-state index contributed by atoms with van der Waals surface area (Å²) in [6, 6.07) is 8.40. The maximum absolute atomic E-state index is 13.3. The number of nitriles is 1. The number of nitrogens with one attached hydrogen (secondary N) is 1. The van der Waals surface area contributed by atoms with Crippen molar-refractivity contribution in [1.82, 2.24) is 4.57 Å². The van der Waals surface area contributed by atoms with E-state index in [1.54, 1.807) is 12.1 Å². The van der Waals surface area contributed by atoms with E-state index in [0.717, 1.165) is 5.56 Å². The summed E-state index contributed by atoms with van der Waals surface area (Å²) in [4.78, 5) is 0. The lowest BCUT2D eigenvalue weighted by Gasteiger charge is -2.07. The van der Waals surface area contributed by atoms with Gasteiger partial charge in [-0.05, 0) is 23.8 Å². The van der Waals surface area contributed by atoms with Gasteiger partial charge in [-0.15, -0.1) is 0 Å². The zero-order valence-corrected chi connectivity index (χ0v) is 9.44. The second kappa shape index (κ2) is 4.71. The van der Waals surface area contributed by atoms with Crippen LogP contribution in [0.1, 0.15) is 11.1 Å². The van der Waals surface area contributed by atoms with Gasteiger partial charge in [0.1, 0.15) is 17.4 Å². The van der Waals surface area contributed by atoms with Crippen molar-refractivity contribution in [2.45, 2.75) is 6.54 Å². The number of aromatic nitrogens is 1. The highest BCUT2D eigenvalue weighted by molar-refractivity contribution is 5.58. The van der Waals surface area contributed by atoms with Crippen molar-refractivity contribution in [2.75, 3.05) is 5.32 Å². The van der Waals surface area contributed by atoms with Gasteiger partial charge in [0.15, 0.2) is 0 Å². The van der Waals surface area contributed by atoms with Gasteiger partial charge >= 0.3 is 0 Å². The van der Waals surface area contributed by atoms with Crippen LogP contribution in [0.4, 0.5) is 10.1 Å². The predicted molar refractivity (Wildman–Crippen MR) is 63.9 cm³/mol. The molecule has 0 amide bonds. The minimum atomic E-state index is -0.495. The first kappa shape index (κ1) is 11.2. The fourth-order valence-electron chi connectivity index (χ4n) is 1.65. The van der Waals surface area contributed by atoms with Crippen molar-refractivity contribution in [2.24, 2.45) is 7.05 Å². The van der Waals surface area contributed by atoms with Crippen molar-refractivity contribution in [3.05, 3.63) is 53.6 Å². The van der Waals surface area contributed by atoms with Gasteiger partial charge < -0.3 is 9.88 Å². The van der Waals surface area contributed by atoms with Crippen LogP contribution in [0.25, 0.3) is 0 Å². The van der Waals surface area contributed by atoms with Crippen LogP contribution in [0.5, 0.6) is 0 Å². The summed E-state index contributed by atoms with van der Waals surface area (Å²) in [7, 11) is 1.94. The Morgan fingerprint density at radius 3 is 2.88 bits per heavy atom. The molecule has 0 atom stereocenters. The molecule has 0 aliphatic heterocycles. The molecule has 0 aliphatic rings. The van der Waals surface area contributed by atoms with E-state index in [2.05, 4.69) is 5.32 Å². The molecule has 0 bridgehead atoms. The summed E-state index contributed by atoms with van der Waals surface area (Å²) >= 11 is 0. The molecule has 0 unspecified atom stereocenters. The molecule has 3 nitrogen and oxygen atoms in total. The van der Waals surface area contributed by atoms with Crippen LogP contribution < -0.4 is 5.32 Å². The van der Waals surface area contributed by atoms with Crippen molar-refractivity contribution >= 4 is 5.69 Å². The third kappa shape index (κ3) is 2.45. The molecule has 0 saturated heterocycles. The molecule has 4 heteroatoms. The lowest BCUT2D eigenvalue weighted by Crippen LogP contribution is -2.01. The monoisotopic (exact) mass is 229 g/mol. The summed E-state index contributed by atoms with van der Waals surface area (Å²) in [5, 5.41) is 11.9. The van der Waals surface area contributed by atoms with E-state index in [9.17, 15) is 4.39 Å². The van der Waals surface area contributed by atoms with Crippen molar-refractivity contribution in [1.29, 1.82) is 5.26 Å². The van der Waals surface area contributed by atoms with Gasteiger partial charge in [-0.2, -0.15) is 5.26 Å². The van der Waals surface area contributed by atoms with Crippen LogP contribution in [0, 0.1) is 17.1 Å². The number of anilines is 1. The molecule has 0 spiro atoms. The van der Waals surface area contributed by atoms with Gasteiger partial charge in [-0.1, -0.05) is 6.07 Å². The first-order valence-electron chi connectivity index (χ1n) is 5.24. The quantitative estimate of drug-likeness (QED) is 0.879. The molecule has 0 saturated carbocycles. The summed E-state index contributed by atoms with van der Waals surface area (Å²) < 4.78 is 15.3. The number of halogens is 1. The molecule has 2 rings (SSSR count). The van der Waals surface area contributed by atoms with Crippen molar-refractivity contribution in [3.63, 3.8) is 0 Å². The predicted octanol–water partition coefficient (Wildman–Crippen LogP) is 2.65. The van der Waals surface area contributed by atoms with Gasteiger partial charge in [0, 0.05) is 26.0 Å². The van der Waals surface area contributed by atoms with Crippen molar-refractivity contribution < 1.29 is 4.39 Å². The molecule has 1 N–H and O–H groups in total. The van der Waals surface area contributed by atoms with Gasteiger partial charge in [0.2, 0.25) is 0 Å². The highest BCUT2D eigenvalue weighted by Gasteiger charge is 2.07. The van der Waals surface area contributed by atoms with Crippen LogP contribution in [0.15, 0.2) is 36.7 Å². The van der Waals surface area contributed by atoms with E-state index in [1.807, 2.05) is 36.1 Å². The SMILES string of the molecule is Cn1ccc(CNc2cccc(F)c2C#N)c1. The van der Waals surface area contributed by atoms with Crippen LogP contribution in [0.2, 0.25) is 0 Å². The third-order valence-corrected chi connectivity index (χ3v) is 2.50. The zero-order chi connectivity index (χ0) is 12.3. The average Bonchev–Trinajstić information content (AvgIpc) is 2.72. The Balaban J connectivity index is 2.14. The minimum Gasteiger partial charge on any atom is -0.380 e. The van der Waals surface area contributed by atoms with E-state index in [1.165, 1.54) is 6.07 Å². The third-order valence-electron chi connectivity index (χ3n) is 2.50. The van der Waals surface area contributed by atoms with E-state index in [4.69, 9.17) is 5.26 Å². The standard InChI is InChI=1S/C13H12FN3/c1-17-6-5-10(9-17)8-16-13-4-2-3-12(14)11(13)7-15/h2-6,9,16H,8H2,1H3. The van der Waals surface area contributed by atoms with Gasteiger partial charge in [-0.25, -0.2) is 4.39 Å². The molecular weight excluding hydrogens is 217 g/mol. The van der Waals surface area contributed by atoms with E-state index >= 15 is 0 Å². The fraction of sp³-hybridized carbons (Fsp3) is 0.154. The molecule has 1 heterocycles. The fourth-order valence-corrected chi connectivity index (χ4v) is 1.65. The maximum Gasteiger partial charge on any atom is 0.143 e. The van der Waals surface area contributed by atoms with Crippen LogP contribution in [0.3, 0.4) is 0 Å². The Kier molecular flexibility index (Phi) is 3.10. The lowest BCUT2D eigenvalue weighted by molar-refractivity contribution is 0.624. The number of hydrogen-bond donors (Lipinski definition) is 1. The van der Waals surface area contributed by atoms with E-state index < -0.39 is 5.82 Å². The molecule has 0 radical (unpaired) electrons. The first-order chi connectivity index (χ1) is 8.20. The number of benzene rings is 1.